The lowest BCUT2D eigenvalue weighted by Crippen LogP contribution is -2.42. The number of anilines is 2. The minimum Gasteiger partial charge on any atom is -0.461 e. The van der Waals surface area contributed by atoms with E-state index in [1.165, 1.54) is 11.3 Å². The first-order valence-corrected chi connectivity index (χ1v) is 7.37. The number of hydrogen-bond acceptors (Lipinski definition) is 7. The Balaban J connectivity index is 2.09. The molecular formula is C12H20N4O2S. The maximum Gasteiger partial charge on any atom is 0.352 e. The van der Waals surface area contributed by atoms with Crippen molar-refractivity contribution in [1.82, 2.24) is 4.98 Å². The van der Waals surface area contributed by atoms with E-state index in [1.807, 2.05) is 6.92 Å². The number of piperidine rings is 1. The fraction of sp³-hybridized carbons (Fsp3) is 0.667. The van der Waals surface area contributed by atoms with Gasteiger partial charge in [-0.25, -0.2) is 9.78 Å². The Morgan fingerprint density at radius 3 is 3.11 bits per heavy atom. The SMILES string of the molecule is CCCOC(=O)c1sc(N2CCCC(N)C2)nc1N. The van der Waals surface area contributed by atoms with Gasteiger partial charge in [0.15, 0.2) is 15.8 Å². The average molecular weight is 284 g/mol. The molecule has 4 N–H and O–H groups in total. The summed E-state index contributed by atoms with van der Waals surface area (Å²) in [5.41, 5.74) is 11.7. The van der Waals surface area contributed by atoms with Crippen LogP contribution in [0.1, 0.15) is 35.9 Å². The third kappa shape index (κ3) is 3.36. The summed E-state index contributed by atoms with van der Waals surface area (Å²) in [4.78, 5) is 18.6. The van der Waals surface area contributed by atoms with E-state index >= 15 is 0 Å². The zero-order chi connectivity index (χ0) is 13.8. The van der Waals surface area contributed by atoms with Crippen molar-refractivity contribution in [2.75, 3.05) is 30.3 Å². The van der Waals surface area contributed by atoms with Gasteiger partial charge < -0.3 is 21.1 Å². The summed E-state index contributed by atoms with van der Waals surface area (Å²) in [6.07, 6.45) is 2.86. The standard InChI is InChI=1S/C12H20N4O2S/c1-2-6-18-11(17)9-10(14)15-12(19-9)16-5-3-4-8(13)7-16/h8H,2-7,13-14H2,1H3. The van der Waals surface area contributed by atoms with Crippen LogP contribution >= 0.6 is 11.3 Å². The fourth-order valence-corrected chi connectivity index (χ4v) is 2.96. The summed E-state index contributed by atoms with van der Waals surface area (Å²) in [5.74, 6) is -0.135. The molecule has 0 bridgehead atoms. The minimum absolute atomic E-state index is 0.161. The smallest absolute Gasteiger partial charge is 0.352 e. The fourth-order valence-electron chi connectivity index (χ4n) is 2.05. The number of nitrogens with two attached hydrogens (primary N) is 2. The highest BCUT2D eigenvalue weighted by molar-refractivity contribution is 7.18. The lowest BCUT2D eigenvalue weighted by Gasteiger charge is -2.30. The summed E-state index contributed by atoms with van der Waals surface area (Å²) < 4.78 is 5.09. The van der Waals surface area contributed by atoms with E-state index in [4.69, 9.17) is 16.2 Å². The Labute approximate surface area is 116 Å². The van der Waals surface area contributed by atoms with Crippen LogP contribution in [0, 0.1) is 0 Å². The average Bonchev–Trinajstić information content (AvgIpc) is 2.78. The van der Waals surface area contributed by atoms with E-state index in [9.17, 15) is 4.79 Å². The summed E-state index contributed by atoms with van der Waals surface area (Å²) in [7, 11) is 0. The first-order valence-electron chi connectivity index (χ1n) is 6.55. The number of thiazole rings is 1. The van der Waals surface area contributed by atoms with E-state index in [1.54, 1.807) is 0 Å². The summed E-state index contributed by atoms with van der Waals surface area (Å²) in [6.45, 7) is 4.02. The van der Waals surface area contributed by atoms with Gasteiger partial charge in [-0.3, -0.25) is 0 Å². The molecule has 2 heterocycles. The van der Waals surface area contributed by atoms with Crippen molar-refractivity contribution >= 4 is 28.3 Å². The molecule has 6 nitrogen and oxygen atoms in total. The molecule has 1 aliphatic heterocycles. The largest absolute Gasteiger partial charge is 0.461 e. The Morgan fingerprint density at radius 1 is 1.63 bits per heavy atom. The van der Waals surface area contributed by atoms with Gasteiger partial charge in [-0.15, -0.1) is 0 Å². The van der Waals surface area contributed by atoms with Crippen molar-refractivity contribution in [3.05, 3.63) is 4.88 Å². The van der Waals surface area contributed by atoms with E-state index < -0.39 is 0 Å². The molecule has 1 atom stereocenters. The highest BCUT2D eigenvalue weighted by Crippen LogP contribution is 2.30. The van der Waals surface area contributed by atoms with Crippen LogP contribution in [0.5, 0.6) is 0 Å². The van der Waals surface area contributed by atoms with Crippen LogP contribution in [0.4, 0.5) is 10.9 Å². The van der Waals surface area contributed by atoms with Crippen LogP contribution in [0.3, 0.4) is 0 Å². The van der Waals surface area contributed by atoms with E-state index in [2.05, 4.69) is 9.88 Å². The van der Waals surface area contributed by atoms with Gasteiger partial charge in [-0.1, -0.05) is 18.3 Å². The van der Waals surface area contributed by atoms with Gasteiger partial charge in [0.05, 0.1) is 6.61 Å². The normalized spacial score (nSPS) is 19.5. The molecule has 7 heteroatoms. The Kier molecular flexibility index (Phi) is 4.60. The van der Waals surface area contributed by atoms with Crippen LogP contribution in [0.25, 0.3) is 0 Å². The zero-order valence-electron chi connectivity index (χ0n) is 11.1. The summed E-state index contributed by atoms with van der Waals surface area (Å²) in [6, 6.07) is 0.161. The molecule has 1 fully saturated rings. The van der Waals surface area contributed by atoms with Crippen LogP contribution in [-0.4, -0.2) is 36.7 Å². The van der Waals surface area contributed by atoms with Crippen molar-refractivity contribution in [1.29, 1.82) is 0 Å². The maximum atomic E-state index is 11.8. The molecule has 0 saturated carbocycles. The Hall–Kier alpha value is -1.34. The number of carbonyl (C=O) groups excluding carboxylic acids is 1. The van der Waals surface area contributed by atoms with Crippen LogP contribution in [-0.2, 0) is 4.74 Å². The molecule has 1 aromatic heterocycles. The maximum absolute atomic E-state index is 11.8. The highest BCUT2D eigenvalue weighted by atomic mass is 32.1. The van der Waals surface area contributed by atoms with Crippen molar-refractivity contribution < 1.29 is 9.53 Å². The molecule has 2 rings (SSSR count). The van der Waals surface area contributed by atoms with Gasteiger partial charge in [0.25, 0.3) is 0 Å². The molecule has 1 aliphatic rings. The third-order valence-corrected chi connectivity index (χ3v) is 4.11. The number of rotatable bonds is 4. The van der Waals surface area contributed by atoms with Gasteiger partial charge in [0, 0.05) is 19.1 Å². The van der Waals surface area contributed by atoms with Crippen molar-refractivity contribution in [2.45, 2.75) is 32.2 Å². The second-order valence-corrected chi connectivity index (χ2v) is 5.67. The van der Waals surface area contributed by atoms with Gasteiger partial charge in [-0.05, 0) is 19.3 Å². The third-order valence-electron chi connectivity index (χ3n) is 2.99. The van der Waals surface area contributed by atoms with Crippen LogP contribution in [0.15, 0.2) is 0 Å². The van der Waals surface area contributed by atoms with E-state index in [0.29, 0.717) is 11.5 Å². The second kappa shape index (κ2) is 6.21. The van der Waals surface area contributed by atoms with Crippen molar-refractivity contribution in [3.63, 3.8) is 0 Å². The van der Waals surface area contributed by atoms with Crippen LogP contribution in [0.2, 0.25) is 0 Å². The molecule has 0 amide bonds. The van der Waals surface area contributed by atoms with Crippen molar-refractivity contribution in [2.24, 2.45) is 5.73 Å². The molecule has 19 heavy (non-hydrogen) atoms. The summed E-state index contributed by atoms with van der Waals surface area (Å²) >= 11 is 1.29. The molecule has 1 unspecified atom stereocenters. The number of nitrogen functional groups attached to an aromatic ring is 1. The minimum atomic E-state index is -0.385. The first-order chi connectivity index (χ1) is 9.11. The molecule has 0 spiro atoms. The molecule has 0 aliphatic carbocycles. The molecule has 0 radical (unpaired) electrons. The van der Waals surface area contributed by atoms with Gasteiger partial charge in [0.1, 0.15) is 0 Å². The molecule has 1 aromatic rings. The molecular weight excluding hydrogens is 264 g/mol. The topological polar surface area (TPSA) is 94.5 Å². The number of ether oxygens (including phenoxy) is 1. The Morgan fingerprint density at radius 2 is 2.42 bits per heavy atom. The number of aromatic nitrogens is 1. The van der Waals surface area contributed by atoms with E-state index in [0.717, 1.165) is 37.5 Å². The monoisotopic (exact) mass is 284 g/mol. The number of nitrogens with zero attached hydrogens (tertiary/aromatic N) is 2. The van der Waals surface area contributed by atoms with Gasteiger partial charge in [0.2, 0.25) is 0 Å². The summed E-state index contributed by atoms with van der Waals surface area (Å²) in [5, 5.41) is 0.760. The lowest BCUT2D eigenvalue weighted by atomic mass is 10.1. The van der Waals surface area contributed by atoms with E-state index in [-0.39, 0.29) is 17.8 Å². The van der Waals surface area contributed by atoms with Gasteiger partial charge >= 0.3 is 5.97 Å². The van der Waals surface area contributed by atoms with Crippen LogP contribution < -0.4 is 16.4 Å². The number of esters is 1. The molecule has 106 valence electrons. The number of carbonyl (C=O) groups is 1. The predicted molar refractivity (Wildman–Crippen MR) is 76.5 cm³/mol. The predicted octanol–water partition coefficient (Wildman–Crippen LogP) is 1.22. The second-order valence-electron chi connectivity index (χ2n) is 4.70. The Bertz CT molecular complexity index is 449. The molecule has 1 saturated heterocycles. The molecule has 0 aromatic carbocycles. The van der Waals surface area contributed by atoms with Crippen molar-refractivity contribution in [3.8, 4) is 0 Å². The first kappa shape index (κ1) is 14.1. The lowest BCUT2D eigenvalue weighted by molar-refractivity contribution is 0.0512. The zero-order valence-corrected chi connectivity index (χ0v) is 11.9. The van der Waals surface area contributed by atoms with Gasteiger partial charge in [-0.2, -0.15) is 0 Å². The quantitative estimate of drug-likeness (QED) is 0.807. The number of hydrogen-bond donors (Lipinski definition) is 2. The highest BCUT2D eigenvalue weighted by Gasteiger charge is 2.23.